The molecule has 1 saturated heterocycles. The second-order valence-electron chi connectivity index (χ2n) is 8.44. The third kappa shape index (κ3) is 4.83. The number of hydrogen-bond donors (Lipinski definition) is 1. The lowest BCUT2D eigenvalue weighted by Crippen LogP contribution is -2.43. The molecule has 0 aliphatic carbocycles. The quantitative estimate of drug-likeness (QED) is 0.570. The van der Waals surface area contributed by atoms with Crippen molar-refractivity contribution < 1.29 is 14.3 Å². The third-order valence-corrected chi connectivity index (χ3v) is 7.11. The highest BCUT2D eigenvalue weighted by molar-refractivity contribution is 7.22. The molecule has 0 unspecified atom stereocenters. The van der Waals surface area contributed by atoms with Gasteiger partial charge in [-0.25, -0.2) is 4.98 Å². The maximum absolute atomic E-state index is 12.9. The van der Waals surface area contributed by atoms with Crippen molar-refractivity contribution in [2.24, 2.45) is 5.92 Å². The van der Waals surface area contributed by atoms with Crippen molar-refractivity contribution >= 4 is 32.6 Å². The number of carbonyl (C=O) groups is 1. The van der Waals surface area contributed by atoms with Gasteiger partial charge in [-0.3, -0.25) is 4.79 Å². The van der Waals surface area contributed by atoms with E-state index in [0.717, 1.165) is 48.6 Å². The van der Waals surface area contributed by atoms with Gasteiger partial charge >= 0.3 is 0 Å². The molecule has 1 aliphatic rings. The van der Waals surface area contributed by atoms with E-state index in [1.807, 2.05) is 18.2 Å². The molecular weight excluding hydrogens is 422 g/mol. The van der Waals surface area contributed by atoms with Gasteiger partial charge in [0.15, 0.2) is 16.6 Å². The highest BCUT2D eigenvalue weighted by Crippen LogP contribution is 2.34. The monoisotopic (exact) mass is 453 g/mol. The van der Waals surface area contributed by atoms with Crippen LogP contribution < -0.4 is 19.7 Å². The highest BCUT2D eigenvalue weighted by Gasteiger charge is 2.27. The predicted molar refractivity (Wildman–Crippen MR) is 130 cm³/mol. The summed E-state index contributed by atoms with van der Waals surface area (Å²) in [7, 11) is 3.26. The van der Waals surface area contributed by atoms with Gasteiger partial charge in [0, 0.05) is 19.6 Å². The van der Waals surface area contributed by atoms with Gasteiger partial charge in [-0.15, -0.1) is 0 Å². The number of rotatable bonds is 7. The lowest BCUT2D eigenvalue weighted by Gasteiger charge is -2.31. The number of hydrogen-bond acceptors (Lipinski definition) is 6. The van der Waals surface area contributed by atoms with Gasteiger partial charge in [0.25, 0.3) is 0 Å². The molecule has 3 aromatic rings. The SMILES string of the molecule is COc1ccc(CCNC(=O)[C@@H]2CCCN(c3nc4c(C)cc(C)cc4s3)C2)cc1OC. The first kappa shape index (κ1) is 22.4. The molecule has 2 aromatic carbocycles. The first-order chi connectivity index (χ1) is 15.5. The number of thiazole rings is 1. The van der Waals surface area contributed by atoms with E-state index in [1.54, 1.807) is 25.6 Å². The number of amides is 1. The molecule has 2 heterocycles. The Kier molecular flexibility index (Phi) is 6.84. The average molecular weight is 454 g/mol. The molecule has 4 rings (SSSR count). The first-order valence-electron chi connectivity index (χ1n) is 11.1. The van der Waals surface area contributed by atoms with Crippen molar-refractivity contribution in [2.75, 3.05) is 38.8 Å². The summed E-state index contributed by atoms with van der Waals surface area (Å²) in [6.07, 6.45) is 2.67. The fourth-order valence-electron chi connectivity index (χ4n) is 4.37. The lowest BCUT2D eigenvalue weighted by atomic mass is 9.97. The molecule has 7 heteroatoms. The van der Waals surface area contributed by atoms with E-state index in [9.17, 15) is 4.79 Å². The van der Waals surface area contributed by atoms with E-state index < -0.39 is 0 Å². The van der Waals surface area contributed by atoms with Crippen molar-refractivity contribution in [2.45, 2.75) is 33.1 Å². The van der Waals surface area contributed by atoms with Gasteiger partial charge in [0.1, 0.15) is 0 Å². The molecule has 0 saturated carbocycles. The number of nitrogens with zero attached hydrogens (tertiary/aromatic N) is 2. The van der Waals surface area contributed by atoms with Crippen molar-refractivity contribution in [3.8, 4) is 11.5 Å². The van der Waals surface area contributed by atoms with Crippen LogP contribution in [-0.2, 0) is 11.2 Å². The number of benzene rings is 2. The summed E-state index contributed by atoms with van der Waals surface area (Å²) in [5, 5.41) is 4.15. The molecule has 1 fully saturated rings. The molecule has 170 valence electrons. The van der Waals surface area contributed by atoms with E-state index >= 15 is 0 Å². The second-order valence-corrected chi connectivity index (χ2v) is 9.45. The summed E-state index contributed by atoms with van der Waals surface area (Å²) in [5.41, 5.74) is 4.66. The van der Waals surface area contributed by atoms with Crippen LogP contribution in [0.3, 0.4) is 0 Å². The molecule has 1 aliphatic heterocycles. The normalized spacial score (nSPS) is 16.2. The second kappa shape index (κ2) is 9.77. The Morgan fingerprint density at radius 2 is 2.00 bits per heavy atom. The number of methoxy groups -OCH3 is 2. The number of fused-ring (bicyclic) bond motifs is 1. The summed E-state index contributed by atoms with van der Waals surface area (Å²) >= 11 is 1.73. The molecule has 1 amide bonds. The van der Waals surface area contributed by atoms with Crippen LogP contribution in [0.4, 0.5) is 5.13 Å². The molecule has 1 atom stereocenters. The average Bonchev–Trinajstić information content (AvgIpc) is 3.23. The zero-order valence-corrected chi connectivity index (χ0v) is 20.1. The summed E-state index contributed by atoms with van der Waals surface area (Å²) in [4.78, 5) is 20.0. The van der Waals surface area contributed by atoms with Crippen LogP contribution in [0, 0.1) is 19.8 Å². The summed E-state index contributed by atoms with van der Waals surface area (Å²) in [6.45, 7) is 6.51. The minimum atomic E-state index is -0.0102. The number of anilines is 1. The summed E-state index contributed by atoms with van der Waals surface area (Å²) in [6, 6.07) is 10.2. The van der Waals surface area contributed by atoms with Gasteiger partial charge in [0.05, 0.1) is 30.4 Å². The molecule has 0 bridgehead atoms. The summed E-state index contributed by atoms with van der Waals surface area (Å²) in [5.74, 6) is 1.54. The maximum atomic E-state index is 12.9. The Balaban J connectivity index is 1.35. The zero-order valence-electron chi connectivity index (χ0n) is 19.2. The molecule has 0 spiro atoms. The van der Waals surface area contributed by atoms with Gasteiger partial charge in [-0.05, 0) is 68.0 Å². The largest absolute Gasteiger partial charge is 0.493 e. The molecule has 1 N–H and O–H groups in total. The standard InChI is InChI=1S/C25H31N3O3S/c1-16-12-17(2)23-22(13-16)32-25(27-23)28-11-5-6-19(15-28)24(29)26-10-9-18-7-8-20(30-3)21(14-18)31-4/h7-8,12-14,19H,5-6,9-11,15H2,1-4H3,(H,26,29)/t19-/m1/s1. The maximum Gasteiger partial charge on any atom is 0.224 e. The topological polar surface area (TPSA) is 63.7 Å². The minimum absolute atomic E-state index is 0.0102. The number of nitrogens with one attached hydrogen (secondary N) is 1. The van der Waals surface area contributed by atoms with Crippen molar-refractivity contribution in [1.82, 2.24) is 10.3 Å². The van der Waals surface area contributed by atoms with E-state index in [-0.39, 0.29) is 11.8 Å². The fourth-order valence-corrected chi connectivity index (χ4v) is 5.55. The smallest absolute Gasteiger partial charge is 0.224 e. The van der Waals surface area contributed by atoms with Crippen LogP contribution in [0.2, 0.25) is 0 Å². The van der Waals surface area contributed by atoms with Crippen molar-refractivity contribution in [3.63, 3.8) is 0 Å². The van der Waals surface area contributed by atoms with Gasteiger partial charge < -0.3 is 19.7 Å². The Morgan fingerprint density at radius 1 is 1.19 bits per heavy atom. The molecule has 32 heavy (non-hydrogen) atoms. The zero-order chi connectivity index (χ0) is 22.7. The molecule has 6 nitrogen and oxygen atoms in total. The predicted octanol–water partition coefficient (Wildman–Crippen LogP) is 4.51. The van der Waals surface area contributed by atoms with Crippen LogP contribution in [-0.4, -0.2) is 44.7 Å². The van der Waals surface area contributed by atoms with Crippen LogP contribution in [0.25, 0.3) is 10.2 Å². The summed E-state index contributed by atoms with van der Waals surface area (Å²) < 4.78 is 11.9. The van der Waals surface area contributed by atoms with E-state index in [2.05, 4.69) is 36.2 Å². The fraction of sp³-hybridized carbons (Fsp3) is 0.440. The van der Waals surface area contributed by atoms with Crippen molar-refractivity contribution in [3.05, 3.63) is 47.0 Å². The van der Waals surface area contributed by atoms with E-state index in [0.29, 0.717) is 18.0 Å². The third-order valence-electron chi connectivity index (χ3n) is 6.04. The molecule has 0 radical (unpaired) electrons. The highest BCUT2D eigenvalue weighted by atomic mass is 32.1. The van der Waals surface area contributed by atoms with Gasteiger partial charge in [-0.2, -0.15) is 0 Å². The van der Waals surface area contributed by atoms with Gasteiger partial charge in [-0.1, -0.05) is 23.5 Å². The number of aromatic nitrogens is 1. The number of ether oxygens (including phenoxy) is 2. The van der Waals surface area contributed by atoms with Crippen LogP contribution in [0.1, 0.15) is 29.5 Å². The Hall–Kier alpha value is -2.80. The van der Waals surface area contributed by atoms with Crippen LogP contribution in [0.15, 0.2) is 30.3 Å². The van der Waals surface area contributed by atoms with Crippen molar-refractivity contribution in [1.29, 1.82) is 0 Å². The molecular formula is C25H31N3O3S. The number of aryl methyl sites for hydroxylation is 2. The molecule has 1 aromatic heterocycles. The van der Waals surface area contributed by atoms with Crippen LogP contribution in [0.5, 0.6) is 11.5 Å². The first-order valence-corrected chi connectivity index (χ1v) is 11.9. The van der Waals surface area contributed by atoms with E-state index in [4.69, 9.17) is 14.5 Å². The Labute approximate surface area is 193 Å². The Bertz CT molecular complexity index is 1110. The number of piperidine rings is 1. The Morgan fingerprint density at radius 3 is 2.78 bits per heavy atom. The number of carbonyl (C=O) groups excluding carboxylic acids is 1. The van der Waals surface area contributed by atoms with E-state index in [1.165, 1.54) is 15.8 Å². The lowest BCUT2D eigenvalue weighted by molar-refractivity contribution is -0.125. The minimum Gasteiger partial charge on any atom is -0.493 e. The van der Waals surface area contributed by atoms with Crippen LogP contribution >= 0.6 is 11.3 Å². The van der Waals surface area contributed by atoms with Gasteiger partial charge in [0.2, 0.25) is 5.91 Å².